The maximum atomic E-state index is 2.36. The average Bonchev–Trinajstić information content (AvgIpc) is 3.39. The summed E-state index contributed by atoms with van der Waals surface area (Å²) in [6, 6.07) is 99.6. The standard InChI is InChI=1S/C62H46N4/c1-5-21-51(22-6-1)63(52-23-7-2-8-24-52)55-33-37-57(38-34-55)65(58-39-35-56(36-40-58)64(53-25-9-3-10-26-53)54-27-11-4-12-28-54)59-41-43-60(44-42-59)66(61-31-29-47-17-13-15-19-49(47)45-61)62-32-30-48-18-14-16-20-50(48)46-62/h1-46H. The molecule has 11 aromatic rings. The molecule has 0 spiro atoms. The van der Waals surface area contributed by atoms with Crippen LogP contribution in [0.4, 0.5) is 68.2 Å². The zero-order valence-corrected chi connectivity index (χ0v) is 36.3. The van der Waals surface area contributed by atoms with Crippen molar-refractivity contribution >= 4 is 89.8 Å². The Morgan fingerprint density at radius 3 is 0.576 bits per heavy atom. The molecule has 11 rings (SSSR count). The van der Waals surface area contributed by atoms with E-state index in [9.17, 15) is 0 Å². The predicted octanol–water partition coefficient (Wildman–Crippen LogP) is 17.9. The molecule has 0 aliphatic carbocycles. The predicted molar refractivity (Wildman–Crippen MR) is 280 cm³/mol. The minimum absolute atomic E-state index is 1.04. The summed E-state index contributed by atoms with van der Waals surface area (Å²) in [5, 5.41) is 4.83. The SMILES string of the molecule is c1ccc(N(c2ccccc2)c2ccc(N(c3ccc(N(c4ccccc4)c4ccccc4)cc3)c3ccc(N(c4ccc5ccccc5c4)c4ccc5ccccc5c4)cc3)cc2)cc1. The Hall–Kier alpha value is -8.86. The highest BCUT2D eigenvalue weighted by Gasteiger charge is 2.20. The van der Waals surface area contributed by atoms with Gasteiger partial charge in [-0.25, -0.2) is 0 Å². The van der Waals surface area contributed by atoms with E-state index in [0.717, 1.165) is 68.2 Å². The van der Waals surface area contributed by atoms with E-state index < -0.39 is 0 Å². The fourth-order valence-corrected chi connectivity index (χ4v) is 8.98. The maximum Gasteiger partial charge on any atom is 0.0468 e. The Morgan fingerprint density at radius 1 is 0.136 bits per heavy atom. The number of hydrogen-bond donors (Lipinski definition) is 0. The second-order valence-electron chi connectivity index (χ2n) is 16.3. The largest absolute Gasteiger partial charge is 0.311 e. The molecule has 0 bridgehead atoms. The fraction of sp³-hybridized carbons (Fsp3) is 0. The molecule has 0 fully saturated rings. The molecule has 314 valence electrons. The van der Waals surface area contributed by atoms with Crippen molar-refractivity contribution in [2.75, 3.05) is 19.6 Å². The molecule has 11 aromatic carbocycles. The van der Waals surface area contributed by atoms with Gasteiger partial charge in [0.1, 0.15) is 0 Å². The lowest BCUT2D eigenvalue weighted by Crippen LogP contribution is -2.13. The summed E-state index contributed by atoms with van der Waals surface area (Å²) in [4.78, 5) is 9.31. The van der Waals surface area contributed by atoms with Crippen LogP contribution >= 0.6 is 0 Å². The number of nitrogens with zero attached hydrogens (tertiary/aromatic N) is 4. The van der Waals surface area contributed by atoms with Crippen LogP contribution in [0.2, 0.25) is 0 Å². The Morgan fingerprint density at radius 2 is 0.318 bits per heavy atom. The highest BCUT2D eigenvalue weighted by atomic mass is 15.2. The van der Waals surface area contributed by atoms with Crippen LogP contribution in [0.3, 0.4) is 0 Å². The monoisotopic (exact) mass is 846 g/mol. The lowest BCUT2D eigenvalue weighted by molar-refractivity contribution is 1.24. The van der Waals surface area contributed by atoms with Gasteiger partial charge in [0, 0.05) is 68.2 Å². The normalized spacial score (nSPS) is 11.0. The maximum absolute atomic E-state index is 2.36. The highest BCUT2D eigenvalue weighted by Crippen LogP contribution is 2.43. The van der Waals surface area contributed by atoms with E-state index in [1.165, 1.54) is 21.5 Å². The number of fused-ring (bicyclic) bond motifs is 2. The molecular weight excluding hydrogens is 801 g/mol. The van der Waals surface area contributed by atoms with Crippen LogP contribution in [0, 0.1) is 0 Å². The van der Waals surface area contributed by atoms with Crippen LogP contribution in [0.25, 0.3) is 21.5 Å². The third-order valence-electron chi connectivity index (χ3n) is 12.1. The van der Waals surface area contributed by atoms with E-state index in [-0.39, 0.29) is 0 Å². The molecule has 0 aliphatic heterocycles. The van der Waals surface area contributed by atoms with Crippen molar-refractivity contribution in [1.29, 1.82) is 0 Å². The summed E-state index contributed by atoms with van der Waals surface area (Å²) in [7, 11) is 0. The van der Waals surface area contributed by atoms with Crippen LogP contribution in [-0.2, 0) is 0 Å². The molecule has 0 aromatic heterocycles. The third kappa shape index (κ3) is 8.11. The number of anilines is 12. The van der Waals surface area contributed by atoms with Gasteiger partial charge in [-0.2, -0.15) is 0 Å². The molecule has 0 heterocycles. The molecule has 0 saturated heterocycles. The topological polar surface area (TPSA) is 13.0 Å². The molecule has 4 heteroatoms. The molecule has 0 radical (unpaired) electrons. The van der Waals surface area contributed by atoms with E-state index in [1.54, 1.807) is 0 Å². The smallest absolute Gasteiger partial charge is 0.0468 e. The van der Waals surface area contributed by atoms with Gasteiger partial charge in [-0.1, -0.05) is 133 Å². The van der Waals surface area contributed by atoms with Gasteiger partial charge in [-0.3, -0.25) is 0 Å². The Labute approximate surface area is 386 Å². The summed E-state index contributed by atoms with van der Waals surface area (Å²) in [5.74, 6) is 0. The minimum Gasteiger partial charge on any atom is -0.311 e. The molecule has 0 saturated carbocycles. The van der Waals surface area contributed by atoms with Gasteiger partial charge in [-0.05, 0) is 167 Å². The number of hydrogen-bond acceptors (Lipinski definition) is 4. The van der Waals surface area contributed by atoms with Crippen molar-refractivity contribution in [1.82, 2.24) is 0 Å². The summed E-state index contributed by atoms with van der Waals surface area (Å²) < 4.78 is 0. The van der Waals surface area contributed by atoms with Gasteiger partial charge in [0.25, 0.3) is 0 Å². The number of benzene rings is 11. The van der Waals surface area contributed by atoms with Gasteiger partial charge in [0.15, 0.2) is 0 Å². The van der Waals surface area contributed by atoms with E-state index in [0.29, 0.717) is 0 Å². The number of para-hydroxylation sites is 4. The summed E-state index contributed by atoms with van der Waals surface area (Å²) in [5.41, 5.74) is 12.9. The van der Waals surface area contributed by atoms with Gasteiger partial charge >= 0.3 is 0 Å². The molecule has 4 nitrogen and oxygen atoms in total. The quantitative estimate of drug-likeness (QED) is 0.121. The minimum atomic E-state index is 1.04. The van der Waals surface area contributed by atoms with Crippen molar-refractivity contribution in [2.24, 2.45) is 0 Å². The third-order valence-corrected chi connectivity index (χ3v) is 12.1. The van der Waals surface area contributed by atoms with Crippen LogP contribution < -0.4 is 19.6 Å². The Bertz CT molecular complexity index is 3060. The lowest BCUT2D eigenvalue weighted by atomic mass is 10.1. The van der Waals surface area contributed by atoms with Crippen molar-refractivity contribution in [3.63, 3.8) is 0 Å². The second-order valence-corrected chi connectivity index (χ2v) is 16.3. The first-order valence-corrected chi connectivity index (χ1v) is 22.4. The molecule has 66 heavy (non-hydrogen) atoms. The number of rotatable bonds is 12. The van der Waals surface area contributed by atoms with Crippen LogP contribution in [0.5, 0.6) is 0 Å². The summed E-state index contributed by atoms with van der Waals surface area (Å²) in [6.45, 7) is 0. The van der Waals surface area contributed by atoms with Crippen molar-refractivity contribution in [3.8, 4) is 0 Å². The van der Waals surface area contributed by atoms with Crippen LogP contribution in [0.15, 0.2) is 279 Å². The van der Waals surface area contributed by atoms with E-state index in [1.807, 2.05) is 0 Å². The fourth-order valence-electron chi connectivity index (χ4n) is 8.98. The van der Waals surface area contributed by atoms with E-state index in [2.05, 4.69) is 299 Å². The first-order chi connectivity index (χ1) is 32.7. The van der Waals surface area contributed by atoms with Gasteiger partial charge in [-0.15, -0.1) is 0 Å². The zero-order valence-electron chi connectivity index (χ0n) is 36.3. The molecule has 0 amide bonds. The molecule has 0 aliphatic rings. The van der Waals surface area contributed by atoms with Crippen molar-refractivity contribution in [2.45, 2.75) is 0 Å². The van der Waals surface area contributed by atoms with Gasteiger partial charge < -0.3 is 19.6 Å². The van der Waals surface area contributed by atoms with E-state index in [4.69, 9.17) is 0 Å². The second kappa shape index (κ2) is 18.1. The molecule has 0 unspecified atom stereocenters. The average molecular weight is 847 g/mol. The van der Waals surface area contributed by atoms with Crippen LogP contribution in [-0.4, -0.2) is 0 Å². The highest BCUT2D eigenvalue weighted by molar-refractivity contribution is 5.93. The first-order valence-electron chi connectivity index (χ1n) is 22.4. The molecule has 0 atom stereocenters. The van der Waals surface area contributed by atoms with Crippen molar-refractivity contribution < 1.29 is 0 Å². The summed E-state index contributed by atoms with van der Waals surface area (Å²) in [6.07, 6.45) is 0. The van der Waals surface area contributed by atoms with E-state index >= 15 is 0 Å². The van der Waals surface area contributed by atoms with Crippen molar-refractivity contribution in [3.05, 3.63) is 279 Å². The first kappa shape index (κ1) is 40.0. The van der Waals surface area contributed by atoms with Gasteiger partial charge in [0.2, 0.25) is 0 Å². The summed E-state index contributed by atoms with van der Waals surface area (Å²) >= 11 is 0. The molecular formula is C62H46N4. The van der Waals surface area contributed by atoms with Gasteiger partial charge in [0.05, 0.1) is 0 Å². The Kier molecular flexibility index (Phi) is 10.9. The van der Waals surface area contributed by atoms with Crippen LogP contribution in [0.1, 0.15) is 0 Å². The lowest BCUT2D eigenvalue weighted by Gasteiger charge is -2.30. The molecule has 0 N–H and O–H groups in total. The zero-order chi connectivity index (χ0) is 44.1. The Balaban J connectivity index is 1.02.